The predicted molar refractivity (Wildman–Crippen MR) is 106 cm³/mol. The summed E-state index contributed by atoms with van der Waals surface area (Å²) in [7, 11) is 2.08. The number of amides is 1. The Morgan fingerprint density at radius 1 is 1.17 bits per heavy atom. The quantitative estimate of drug-likeness (QED) is 0.778. The normalized spacial score (nSPS) is 15.7. The summed E-state index contributed by atoms with van der Waals surface area (Å²) >= 11 is 0. The molecule has 8 heteroatoms. The van der Waals surface area contributed by atoms with Crippen molar-refractivity contribution in [2.45, 2.75) is 12.7 Å². The van der Waals surface area contributed by atoms with Gasteiger partial charge in [0.05, 0.1) is 5.56 Å². The van der Waals surface area contributed by atoms with Gasteiger partial charge in [-0.05, 0) is 36.9 Å². The summed E-state index contributed by atoms with van der Waals surface area (Å²) in [6.07, 6.45) is -0.0742. The first kappa shape index (κ1) is 20.9. The molecule has 3 rings (SSSR count). The van der Waals surface area contributed by atoms with E-state index < -0.39 is 11.7 Å². The lowest BCUT2D eigenvalue weighted by Crippen LogP contribution is -2.45. The van der Waals surface area contributed by atoms with Crippen molar-refractivity contribution in [1.29, 1.82) is 0 Å². The fourth-order valence-electron chi connectivity index (χ4n) is 3.10. The van der Waals surface area contributed by atoms with E-state index in [0.717, 1.165) is 49.7 Å². The van der Waals surface area contributed by atoms with Crippen LogP contribution in [0.4, 0.5) is 19.0 Å². The van der Waals surface area contributed by atoms with Crippen LogP contribution < -0.4 is 10.2 Å². The molecule has 0 spiro atoms. The number of aromatic nitrogens is 1. The SMILES string of the molecule is CN1CCN(c2ncccc2CNC(=O)/C=C/c2cccc(C(F)(F)F)c2)CC1. The molecule has 0 aliphatic carbocycles. The molecule has 0 atom stereocenters. The molecule has 5 nitrogen and oxygen atoms in total. The number of nitrogens with zero attached hydrogens (tertiary/aromatic N) is 3. The first-order valence-electron chi connectivity index (χ1n) is 9.33. The van der Waals surface area contributed by atoms with Gasteiger partial charge in [-0.25, -0.2) is 4.98 Å². The Balaban J connectivity index is 1.61. The molecule has 1 amide bonds. The fraction of sp³-hybridized carbons (Fsp3) is 0.333. The summed E-state index contributed by atoms with van der Waals surface area (Å²) in [5, 5.41) is 2.78. The van der Waals surface area contributed by atoms with Crippen LogP contribution in [0.25, 0.3) is 6.08 Å². The second kappa shape index (κ2) is 9.09. The van der Waals surface area contributed by atoms with Gasteiger partial charge in [0.2, 0.25) is 5.91 Å². The molecule has 1 fully saturated rings. The highest BCUT2D eigenvalue weighted by Gasteiger charge is 2.30. The summed E-state index contributed by atoms with van der Waals surface area (Å²) in [6, 6.07) is 8.58. The van der Waals surface area contributed by atoms with Gasteiger partial charge in [-0.2, -0.15) is 13.2 Å². The van der Waals surface area contributed by atoms with E-state index in [4.69, 9.17) is 0 Å². The Morgan fingerprint density at radius 2 is 1.93 bits per heavy atom. The maximum Gasteiger partial charge on any atom is 0.416 e. The number of carbonyl (C=O) groups excluding carboxylic acids is 1. The summed E-state index contributed by atoms with van der Waals surface area (Å²) in [6.45, 7) is 3.92. The Bertz CT molecular complexity index is 874. The molecule has 154 valence electrons. The number of alkyl halides is 3. The van der Waals surface area contributed by atoms with Crippen LogP contribution in [-0.2, 0) is 17.5 Å². The molecule has 1 aromatic carbocycles. The Morgan fingerprint density at radius 3 is 2.66 bits per heavy atom. The zero-order valence-corrected chi connectivity index (χ0v) is 16.1. The van der Waals surface area contributed by atoms with Crippen LogP contribution in [0.5, 0.6) is 0 Å². The number of halogens is 3. The third-order valence-electron chi connectivity index (χ3n) is 4.76. The van der Waals surface area contributed by atoms with E-state index in [9.17, 15) is 18.0 Å². The van der Waals surface area contributed by atoms with Crippen LogP contribution in [0.3, 0.4) is 0 Å². The number of benzene rings is 1. The number of likely N-dealkylation sites (N-methyl/N-ethyl adjacent to an activating group) is 1. The van der Waals surface area contributed by atoms with Crippen molar-refractivity contribution in [3.8, 4) is 0 Å². The van der Waals surface area contributed by atoms with E-state index in [1.165, 1.54) is 24.3 Å². The van der Waals surface area contributed by atoms with E-state index in [0.29, 0.717) is 12.1 Å². The van der Waals surface area contributed by atoms with E-state index in [2.05, 4.69) is 27.1 Å². The van der Waals surface area contributed by atoms with Gasteiger partial charge in [0, 0.05) is 50.6 Å². The van der Waals surface area contributed by atoms with Gasteiger partial charge in [-0.3, -0.25) is 4.79 Å². The van der Waals surface area contributed by atoms with E-state index in [-0.39, 0.29) is 5.91 Å². The summed E-state index contributed by atoms with van der Waals surface area (Å²) in [4.78, 5) is 21.0. The molecule has 29 heavy (non-hydrogen) atoms. The highest BCUT2D eigenvalue weighted by atomic mass is 19.4. The van der Waals surface area contributed by atoms with Gasteiger partial charge < -0.3 is 15.1 Å². The van der Waals surface area contributed by atoms with Crippen LogP contribution in [0.1, 0.15) is 16.7 Å². The minimum atomic E-state index is -4.41. The lowest BCUT2D eigenvalue weighted by Gasteiger charge is -2.34. The molecule has 1 aliphatic rings. The van der Waals surface area contributed by atoms with Crippen molar-refractivity contribution in [3.63, 3.8) is 0 Å². The van der Waals surface area contributed by atoms with Crippen LogP contribution in [0.2, 0.25) is 0 Å². The van der Waals surface area contributed by atoms with E-state index in [1.807, 2.05) is 12.1 Å². The molecule has 0 bridgehead atoms. The predicted octanol–water partition coefficient (Wildman–Crippen LogP) is 3.18. The molecule has 0 saturated carbocycles. The lowest BCUT2D eigenvalue weighted by atomic mass is 10.1. The minimum absolute atomic E-state index is 0.293. The number of rotatable bonds is 5. The van der Waals surface area contributed by atoms with Gasteiger partial charge in [0.1, 0.15) is 5.82 Å². The average Bonchev–Trinajstić information content (AvgIpc) is 2.71. The number of pyridine rings is 1. The largest absolute Gasteiger partial charge is 0.416 e. The standard InChI is InChI=1S/C21H23F3N4O/c1-27-10-12-28(13-11-27)20-17(5-3-9-25-20)15-26-19(29)8-7-16-4-2-6-18(14-16)21(22,23)24/h2-9,14H,10-13,15H2,1H3,(H,26,29)/b8-7+. The molecule has 1 N–H and O–H groups in total. The highest BCUT2D eigenvalue weighted by molar-refractivity contribution is 5.91. The molecule has 1 aromatic heterocycles. The smallest absolute Gasteiger partial charge is 0.354 e. The Hall–Kier alpha value is -2.87. The molecular formula is C21H23F3N4O. The van der Waals surface area contributed by atoms with Crippen LogP contribution in [0.15, 0.2) is 48.7 Å². The van der Waals surface area contributed by atoms with Crippen molar-refractivity contribution in [3.05, 3.63) is 65.4 Å². The van der Waals surface area contributed by atoms with Gasteiger partial charge in [-0.1, -0.05) is 18.2 Å². The number of hydrogen-bond acceptors (Lipinski definition) is 4. The topological polar surface area (TPSA) is 48.5 Å². The third kappa shape index (κ3) is 5.80. The number of nitrogens with one attached hydrogen (secondary N) is 1. The summed E-state index contributed by atoms with van der Waals surface area (Å²) < 4.78 is 38.3. The monoisotopic (exact) mass is 404 g/mol. The van der Waals surface area contributed by atoms with Crippen molar-refractivity contribution in [2.75, 3.05) is 38.1 Å². The molecule has 0 radical (unpaired) electrons. The number of anilines is 1. The van der Waals surface area contributed by atoms with E-state index in [1.54, 1.807) is 6.20 Å². The molecule has 1 aliphatic heterocycles. The van der Waals surface area contributed by atoms with Crippen LogP contribution in [-0.4, -0.2) is 49.0 Å². The van der Waals surface area contributed by atoms with Crippen molar-refractivity contribution < 1.29 is 18.0 Å². The highest BCUT2D eigenvalue weighted by Crippen LogP contribution is 2.29. The zero-order chi connectivity index (χ0) is 20.9. The van der Waals surface area contributed by atoms with Crippen molar-refractivity contribution >= 4 is 17.8 Å². The second-order valence-electron chi connectivity index (χ2n) is 6.95. The van der Waals surface area contributed by atoms with Crippen LogP contribution in [0, 0.1) is 0 Å². The Labute approximate surface area is 167 Å². The van der Waals surface area contributed by atoms with Gasteiger partial charge in [0.25, 0.3) is 0 Å². The lowest BCUT2D eigenvalue weighted by molar-refractivity contribution is -0.137. The first-order chi connectivity index (χ1) is 13.8. The summed E-state index contributed by atoms with van der Waals surface area (Å²) in [5.41, 5.74) is 0.472. The number of piperazine rings is 1. The Kier molecular flexibility index (Phi) is 6.53. The molecule has 0 unspecified atom stereocenters. The first-order valence-corrected chi connectivity index (χ1v) is 9.33. The molecule has 2 aromatic rings. The maximum atomic E-state index is 12.8. The second-order valence-corrected chi connectivity index (χ2v) is 6.95. The minimum Gasteiger partial charge on any atom is -0.354 e. The number of carbonyl (C=O) groups is 1. The van der Waals surface area contributed by atoms with Crippen molar-refractivity contribution in [2.24, 2.45) is 0 Å². The summed E-state index contributed by atoms with van der Waals surface area (Å²) in [5.74, 6) is 0.471. The van der Waals surface area contributed by atoms with Gasteiger partial charge >= 0.3 is 6.18 Å². The zero-order valence-electron chi connectivity index (χ0n) is 16.1. The average molecular weight is 404 g/mol. The fourth-order valence-corrected chi connectivity index (χ4v) is 3.10. The van der Waals surface area contributed by atoms with Crippen molar-refractivity contribution in [1.82, 2.24) is 15.2 Å². The molecular weight excluding hydrogens is 381 g/mol. The molecule has 2 heterocycles. The van der Waals surface area contributed by atoms with E-state index >= 15 is 0 Å². The van der Waals surface area contributed by atoms with Gasteiger partial charge in [0.15, 0.2) is 0 Å². The van der Waals surface area contributed by atoms with Gasteiger partial charge in [-0.15, -0.1) is 0 Å². The van der Waals surface area contributed by atoms with Crippen LogP contribution >= 0.6 is 0 Å². The maximum absolute atomic E-state index is 12.8. The molecule has 1 saturated heterocycles. The third-order valence-corrected chi connectivity index (χ3v) is 4.76. The number of hydrogen-bond donors (Lipinski definition) is 1.